The fraction of sp³-hybridized carbons (Fsp3) is 0.167. The van der Waals surface area contributed by atoms with Gasteiger partial charge < -0.3 is 4.74 Å². The number of esters is 1. The highest BCUT2D eigenvalue weighted by Crippen LogP contribution is 2.15. The maximum atomic E-state index is 12.4. The number of halogens is 1. The SMILES string of the molecule is COC(=O)/C(=C/c1ccc(Br)cc1)CNS(=O)(=O)c1ccc(C)cc1. The first-order valence-electron chi connectivity index (χ1n) is 7.42. The minimum Gasteiger partial charge on any atom is -0.466 e. The Labute approximate surface area is 155 Å². The monoisotopic (exact) mass is 423 g/mol. The van der Waals surface area contributed by atoms with E-state index in [2.05, 4.69) is 20.7 Å². The Kier molecular flexibility index (Phi) is 6.52. The highest BCUT2D eigenvalue weighted by atomic mass is 79.9. The smallest absolute Gasteiger partial charge is 0.335 e. The normalized spacial score (nSPS) is 12.0. The Morgan fingerprint density at radius 2 is 1.72 bits per heavy atom. The van der Waals surface area contributed by atoms with Crippen molar-refractivity contribution in [3.05, 3.63) is 69.7 Å². The molecule has 0 atom stereocenters. The van der Waals surface area contributed by atoms with Gasteiger partial charge in [0.2, 0.25) is 10.0 Å². The third-order valence-electron chi connectivity index (χ3n) is 3.44. The van der Waals surface area contributed by atoms with Gasteiger partial charge in [-0.1, -0.05) is 45.8 Å². The van der Waals surface area contributed by atoms with E-state index in [0.717, 1.165) is 15.6 Å². The zero-order chi connectivity index (χ0) is 18.4. The molecule has 0 heterocycles. The largest absolute Gasteiger partial charge is 0.466 e. The summed E-state index contributed by atoms with van der Waals surface area (Å²) in [5.41, 5.74) is 1.93. The van der Waals surface area contributed by atoms with E-state index in [1.165, 1.54) is 19.2 Å². The van der Waals surface area contributed by atoms with E-state index >= 15 is 0 Å². The molecule has 2 aromatic carbocycles. The van der Waals surface area contributed by atoms with Crippen LogP contribution in [0.5, 0.6) is 0 Å². The Balaban J connectivity index is 2.21. The molecular weight excluding hydrogens is 406 g/mol. The van der Waals surface area contributed by atoms with E-state index in [9.17, 15) is 13.2 Å². The van der Waals surface area contributed by atoms with Crippen molar-refractivity contribution in [3.63, 3.8) is 0 Å². The quantitative estimate of drug-likeness (QED) is 0.571. The Bertz CT molecular complexity index is 872. The van der Waals surface area contributed by atoms with Crippen LogP contribution in [0.15, 0.2) is 63.5 Å². The number of sulfonamides is 1. The molecular formula is C18H18BrNO4S. The highest BCUT2D eigenvalue weighted by molar-refractivity contribution is 9.10. The summed E-state index contributed by atoms with van der Waals surface area (Å²) in [7, 11) is -2.46. The molecule has 0 aliphatic carbocycles. The van der Waals surface area contributed by atoms with Crippen LogP contribution < -0.4 is 4.72 Å². The molecule has 0 aromatic heterocycles. The van der Waals surface area contributed by atoms with Crippen molar-refractivity contribution in [2.45, 2.75) is 11.8 Å². The summed E-state index contributed by atoms with van der Waals surface area (Å²) in [6, 6.07) is 13.8. The predicted octanol–water partition coefficient (Wildman–Crippen LogP) is 3.29. The van der Waals surface area contributed by atoms with Gasteiger partial charge in [0.25, 0.3) is 0 Å². The molecule has 2 aromatic rings. The lowest BCUT2D eigenvalue weighted by Gasteiger charge is -2.09. The van der Waals surface area contributed by atoms with Crippen LogP contribution in [0.1, 0.15) is 11.1 Å². The van der Waals surface area contributed by atoms with Gasteiger partial charge in [-0.25, -0.2) is 17.9 Å². The minimum atomic E-state index is -3.72. The van der Waals surface area contributed by atoms with E-state index in [1.807, 2.05) is 31.2 Å². The Morgan fingerprint density at radius 1 is 1.12 bits per heavy atom. The second-order valence-electron chi connectivity index (χ2n) is 5.35. The third kappa shape index (κ3) is 5.52. The average Bonchev–Trinajstić information content (AvgIpc) is 2.60. The molecule has 2 rings (SSSR count). The standard InChI is InChI=1S/C18H18BrNO4S/c1-13-3-9-17(10-4-13)25(22,23)20-12-15(18(21)24-2)11-14-5-7-16(19)8-6-14/h3-11,20H,12H2,1-2H3/b15-11+. The van der Waals surface area contributed by atoms with Gasteiger partial charge in [-0.15, -0.1) is 0 Å². The second kappa shape index (κ2) is 8.42. The van der Waals surface area contributed by atoms with E-state index in [0.29, 0.717) is 0 Å². The molecule has 0 amide bonds. The summed E-state index contributed by atoms with van der Waals surface area (Å²) in [6.07, 6.45) is 1.59. The van der Waals surface area contributed by atoms with E-state index < -0.39 is 16.0 Å². The van der Waals surface area contributed by atoms with Gasteiger partial charge in [0.05, 0.1) is 17.6 Å². The molecule has 1 N–H and O–H groups in total. The number of ether oxygens (including phenoxy) is 1. The van der Waals surface area contributed by atoms with Crippen LogP contribution in [0.3, 0.4) is 0 Å². The van der Waals surface area contributed by atoms with Gasteiger partial charge in [0, 0.05) is 11.0 Å². The number of carbonyl (C=O) groups is 1. The lowest BCUT2D eigenvalue weighted by Crippen LogP contribution is -2.28. The zero-order valence-corrected chi connectivity index (χ0v) is 16.2. The van der Waals surface area contributed by atoms with Gasteiger partial charge in [0.1, 0.15) is 0 Å². The number of methoxy groups -OCH3 is 1. The molecule has 0 saturated carbocycles. The molecule has 0 aliphatic heterocycles. The lowest BCUT2D eigenvalue weighted by molar-refractivity contribution is -0.136. The molecule has 0 fully saturated rings. The number of benzene rings is 2. The first kappa shape index (κ1) is 19.4. The summed E-state index contributed by atoms with van der Waals surface area (Å²) >= 11 is 3.34. The van der Waals surface area contributed by atoms with Gasteiger partial charge >= 0.3 is 5.97 Å². The summed E-state index contributed by atoms with van der Waals surface area (Å²) in [6.45, 7) is 1.71. The Hall–Kier alpha value is -1.96. The topological polar surface area (TPSA) is 72.5 Å². The summed E-state index contributed by atoms with van der Waals surface area (Å²) in [5, 5.41) is 0. The van der Waals surface area contributed by atoms with Crippen molar-refractivity contribution < 1.29 is 17.9 Å². The van der Waals surface area contributed by atoms with Crippen LogP contribution in [0.25, 0.3) is 6.08 Å². The summed E-state index contributed by atoms with van der Waals surface area (Å²) in [4.78, 5) is 12.1. The van der Waals surface area contributed by atoms with Crippen molar-refractivity contribution in [2.24, 2.45) is 0 Å². The van der Waals surface area contributed by atoms with Gasteiger partial charge in [-0.05, 0) is 42.8 Å². The second-order valence-corrected chi connectivity index (χ2v) is 8.03. The van der Waals surface area contributed by atoms with Gasteiger partial charge in [-0.3, -0.25) is 0 Å². The molecule has 0 bridgehead atoms. The van der Waals surface area contributed by atoms with Crippen molar-refractivity contribution in [2.75, 3.05) is 13.7 Å². The number of hydrogen-bond acceptors (Lipinski definition) is 4. The fourth-order valence-electron chi connectivity index (χ4n) is 2.05. The van der Waals surface area contributed by atoms with Crippen molar-refractivity contribution >= 4 is 38.0 Å². The molecule has 0 radical (unpaired) electrons. The first-order valence-corrected chi connectivity index (χ1v) is 9.70. The maximum absolute atomic E-state index is 12.4. The number of carbonyl (C=O) groups excluding carboxylic acids is 1. The van der Waals surface area contributed by atoms with Crippen LogP contribution >= 0.6 is 15.9 Å². The number of hydrogen-bond donors (Lipinski definition) is 1. The zero-order valence-electron chi connectivity index (χ0n) is 13.8. The Morgan fingerprint density at radius 3 is 2.28 bits per heavy atom. The maximum Gasteiger partial charge on any atom is 0.335 e. The van der Waals surface area contributed by atoms with E-state index in [-0.39, 0.29) is 17.0 Å². The van der Waals surface area contributed by atoms with Crippen LogP contribution in [-0.2, 0) is 19.6 Å². The number of nitrogens with one attached hydrogen (secondary N) is 1. The van der Waals surface area contributed by atoms with E-state index in [4.69, 9.17) is 4.74 Å². The molecule has 0 spiro atoms. The molecule has 0 aliphatic rings. The van der Waals surface area contributed by atoms with Gasteiger partial charge in [0.15, 0.2) is 0 Å². The molecule has 7 heteroatoms. The van der Waals surface area contributed by atoms with Crippen molar-refractivity contribution in [1.29, 1.82) is 0 Å². The predicted molar refractivity (Wildman–Crippen MR) is 101 cm³/mol. The fourth-order valence-corrected chi connectivity index (χ4v) is 3.32. The van der Waals surface area contributed by atoms with Crippen molar-refractivity contribution in [3.8, 4) is 0 Å². The van der Waals surface area contributed by atoms with Gasteiger partial charge in [-0.2, -0.15) is 0 Å². The summed E-state index contributed by atoms with van der Waals surface area (Å²) in [5.74, 6) is -0.588. The first-order chi connectivity index (χ1) is 11.8. The van der Waals surface area contributed by atoms with E-state index in [1.54, 1.807) is 18.2 Å². The summed E-state index contributed by atoms with van der Waals surface area (Å²) < 4.78 is 32.8. The molecule has 5 nitrogen and oxygen atoms in total. The third-order valence-corrected chi connectivity index (χ3v) is 5.39. The lowest BCUT2D eigenvalue weighted by atomic mass is 10.1. The minimum absolute atomic E-state index is 0.144. The van der Waals surface area contributed by atoms with Crippen LogP contribution in [-0.4, -0.2) is 28.0 Å². The molecule has 0 unspecified atom stereocenters. The number of rotatable bonds is 6. The molecule has 132 valence electrons. The van der Waals surface area contributed by atoms with Crippen LogP contribution in [0, 0.1) is 6.92 Å². The number of aryl methyl sites for hydroxylation is 1. The average molecular weight is 424 g/mol. The molecule has 0 saturated heterocycles. The molecule has 25 heavy (non-hydrogen) atoms. The van der Waals surface area contributed by atoms with Crippen LogP contribution in [0.2, 0.25) is 0 Å². The van der Waals surface area contributed by atoms with Crippen molar-refractivity contribution in [1.82, 2.24) is 4.72 Å². The van der Waals surface area contributed by atoms with Crippen LogP contribution in [0.4, 0.5) is 0 Å². The highest BCUT2D eigenvalue weighted by Gasteiger charge is 2.17.